The van der Waals surface area contributed by atoms with E-state index in [1.165, 1.54) is 0 Å². The molecular weight excluding hydrogens is 1090 g/mol. The highest BCUT2D eigenvalue weighted by Gasteiger charge is 2.61. The molecule has 6 fully saturated rings. The molecule has 6 saturated heterocycles. The van der Waals surface area contributed by atoms with Crippen LogP contribution in [0.2, 0.25) is 0 Å². The van der Waals surface area contributed by atoms with E-state index in [1.54, 1.807) is 0 Å². The van der Waals surface area contributed by atoms with Crippen LogP contribution in [0.15, 0.2) is 0 Å². The number of nitrogens with one attached hydrogen (secondary N) is 2. The number of aliphatic hydroxyl groups is 19. The lowest BCUT2D eigenvalue weighted by Crippen LogP contribution is -2.71. The van der Waals surface area contributed by atoms with Crippen LogP contribution in [-0.4, -0.2) is 349 Å². The normalized spacial score (nSPS) is 47.7. The van der Waals surface area contributed by atoms with Gasteiger partial charge in [0.05, 0.1) is 51.8 Å². The summed E-state index contributed by atoms with van der Waals surface area (Å²) >= 11 is 0. The number of hydrogen-bond acceptors (Lipinski definition) is 33. The molecule has 36 heteroatoms. The molecule has 79 heavy (non-hydrogen) atoms. The van der Waals surface area contributed by atoms with Crippen LogP contribution in [0.4, 0.5) is 0 Å². The van der Waals surface area contributed by atoms with Crippen LogP contribution in [0.1, 0.15) is 20.3 Å². The molecule has 31 atom stereocenters. The zero-order valence-corrected chi connectivity index (χ0v) is 41.9. The molecule has 36 nitrogen and oxygen atoms in total. The van der Waals surface area contributed by atoms with Gasteiger partial charge in [-0.15, -0.1) is 0 Å². The number of rotatable bonds is 21. The van der Waals surface area contributed by atoms with Crippen molar-refractivity contribution in [3.8, 4) is 0 Å². The highest BCUT2D eigenvalue weighted by atomic mass is 16.8. The molecule has 0 saturated carbocycles. The van der Waals surface area contributed by atoms with Crippen molar-refractivity contribution in [2.45, 2.75) is 210 Å². The maximum atomic E-state index is 13.1. The van der Waals surface area contributed by atoms with Gasteiger partial charge in [-0.1, -0.05) is 0 Å². The largest absolute Gasteiger partial charge is 0.477 e. The van der Waals surface area contributed by atoms with Gasteiger partial charge in [0.15, 0.2) is 31.5 Å². The van der Waals surface area contributed by atoms with Gasteiger partial charge in [-0.3, -0.25) is 9.59 Å². The molecule has 0 radical (unpaired) electrons. The third-order valence-electron chi connectivity index (χ3n) is 14.2. The first kappa shape index (κ1) is 65.4. The van der Waals surface area contributed by atoms with E-state index in [9.17, 15) is 117 Å². The molecule has 0 aromatic rings. The lowest BCUT2D eigenvalue weighted by molar-refractivity contribution is -0.393. The van der Waals surface area contributed by atoms with Crippen LogP contribution >= 0.6 is 0 Å². The summed E-state index contributed by atoms with van der Waals surface area (Å²) in [6.07, 6.45) is -59.0. The number of hydrogen-bond donors (Lipinski definition) is 22. The van der Waals surface area contributed by atoms with Crippen molar-refractivity contribution in [3.63, 3.8) is 0 Å². The van der Waals surface area contributed by atoms with Crippen molar-refractivity contribution in [2.75, 3.05) is 39.6 Å². The predicted molar refractivity (Wildman–Crippen MR) is 240 cm³/mol. The quantitative estimate of drug-likeness (QED) is 0.0507. The molecule has 0 spiro atoms. The van der Waals surface area contributed by atoms with Crippen molar-refractivity contribution in [2.24, 2.45) is 0 Å². The van der Waals surface area contributed by atoms with Crippen LogP contribution in [0.5, 0.6) is 0 Å². The summed E-state index contributed by atoms with van der Waals surface area (Å²) < 4.78 is 62.2. The van der Waals surface area contributed by atoms with Gasteiger partial charge in [-0.25, -0.2) is 4.79 Å². The van der Waals surface area contributed by atoms with Crippen LogP contribution in [0.3, 0.4) is 0 Å². The van der Waals surface area contributed by atoms with Crippen LogP contribution < -0.4 is 10.6 Å². The highest BCUT2D eigenvalue weighted by molar-refractivity contribution is 5.76. The van der Waals surface area contributed by atoms with Gasteiger partial charge in [-0.05, 0) is 0 Å². The summed E-state index contributed by atoms with van der Waals surface area (Å²) in [5.41, 5.74) is 0. The predicted octanol–water partition coefficient (Wildman–Crippen LogP) is -14.6. The SMILES string of the molecule is CC(=O)N[C@H]1[C@H](O[C@H]2[C@@H](O)[C@@H](CO)O[C@H](O[C@H]3[C@@H](O)[C@@H](CO)O[C@@H](O[C@H]4[C@H](O)[C@@H](O)C(O)O[C@@H]4CO)[C@@H]3O)[C@@H]2O)O[C@H](CO)[C@@H](O)[C@@H]1O[C@@H]1O[C@H](CO)[C@H](O)[C@H](O[C@]2(C(=O)O)C[C@H](O)[C@@H](NC(C)=O)[C@H]([C@H](O)[C@H](O)CO)O2)[C@H]1O. The van der Waals surface area contributed by atoms with E-state index < -0.39 is 254 Å². The Balaban J connectivity index is 1.27. The van der Waals surface area contributed by atoms with E-state index in [2.05, 4.69) is 10.6 Å². The second-order valence-corrected chi connectivity index (χ2v) is 19.7. The van der Waals surface area contributed by atoms with Crippen molar-refractivity contribution in [1.82, 2.24) is 10.6 Å². The Kier molecular flexibility index (Phi) is 22.9. The molecular formula is C43H72N2O34. The van der Waals surface area contributed by atoms with E-state index in [0.717, 1.165) is 13.8 Å². The van der Waals surface area contributed by atoms with E-state index in [0.29, 0.717) is 0 Å². The molecule has 1 unspecified atom stereocenters. The Morgan fingerprint density at radius 1 is 0.494 bits per heavy atom. The Hall–Kier alpha value is -2.79. The fourth-order valence-electron chi connectivity index (χ4n) is 10.0. The van der Waals surface area contributed by atoms with E-state index >= 15 is 0 Å². The second-order valence-electron chi connectivity index (χ2n) is 19.7. The van der Waals surface area contributed by atoms with Gasteiger partial charge in [0, 0.05) is 20.3 Å². The molecule has 0 aromatic carbocycles. The minimum absolute atomic E-state index is 0.838. The molecule has 22 N–H and O–H groups in total. The zero-order chi connectivity index (χ0) is 58.7. The minimum Gasteiger partial charge on any atom is -0.477 e. The molecule has 2 amide bonds. The zero-order valence-electron chi connectivity index (χ0n) is 41.9. The Labute approximate surface area is 446 Å². The summed E-state index contributed by atoms with van der Waals surface area (Å²) in [5.74, 6) is -7.13. The number of ether oxygens (including phenoxy) is 11. The molecule has 458 valence electrons. The van der Waals surface area contributed by atoms with E-state index in [4.69, 9.17) is 52.1 Å². The van der Waals surface area contributed by atoms with Gasteiger partial charge in [0.25, 0.3) is 5.79 Å². The maximum Gasteiger partial charge on any atom is 0.364 e. The number of carbonyl (C=O) groups is 3. The van der Waals surface area contributed by atoms with Crippen molar-refractivity contribution >= 4 is 17.8 Å². The third-order valence-corrected chi connectivity index (χ3v) is 14.2. The fourth-order valence-corrected chi connectivity index (χ4v) is 10.0. The maximum absolute atomic E-state index is 13.1. The van der Waals surface area contributed by atoms with E-state index in [-0.39, 0.29) is 0 Å². The van der Waals surface area contributed by atoms with E-state index in [1.807, 2.05) is 0 Å². The summed E-state index contributed by atoms with van der Waals surface area (Å²) in [5, 5.41) is 219. The number of aliphatic hydroxyl groups excluding tert-OH is 19. The molecule has 0 aliphatic carbocycles. The van der Waals surface area contributed by atoms with Crippen LogP contribution in [-0.2, 0) is 66.5 Å². The number of aliphatic carboxylic acids is 1. The number of carboxylic acids is 1. The number of carbonyl (C=O) groups excluding carboxylic acids is 2. The molecule has 0 bridgehead atoms. The lowest BCUT2D eigenvalue weighted by atomic mass is 9.88. The molecule has 0 aromatic heterocycles. The Bertz CT molecular complexity index is 1970. The van der Waals surface area contributed by atoms with Gasteiger partial charge < -0.3 is 165 Å². The average molecular weight is 1160 g/mol. The smallest absolute Gasteiger partial charge is 0.364 e. The number of amides is 2. The highest BCUT2D eigenvalue weighted by Crippen LogP contribution is 2.40. The lowest BCUT2D eigenvalue weighted by Gasteiger charge is -2.51. The molecule has 6 rings (SSSR count). The summed E-state index contributed by atoms with van der Waals surface area (Å²) in [6, 6.07) is -3.62. The summed E-state index contributed by atoms with van der Waals surface area (Å²) in [6.45, 7) is -4.56. The third kappa shape index (κ3) is 13.9. The fraction of sp³-hybridized carbons (Fsp3) is 0.930. The van der Waals surface area contributed by atoms with Gasteiger partial charge >= 0.3 is 5.97 Å². The van der Waals surface area contributed by atoms with Gasteiger partial charge in [0.1, 0.15) is 140 Å². The first-order valence-corrected chi connectivity index (χ1v) is 24.8. The average Bonchev–Trinajstić information content (AvgIpc) is 3.61. The molecule has 6 heterocycles. The molecule has 6 aliphatic heterocycles. The van der Waals surface area contributed by atoms with Gasteiger partial charge in [-0.2, -0.15) is 0 Å². The standard InChI is InChI=1S/C43H72N2O34/c1-10(52)44-19-12(54)3-43(42(67)68,78-33(19)21(56)13(55)4-46)79-36-25(60)17(8-50)73-41(30(36)65)75-32-20(45-11(2)53)38(70-14(5-47)22(32)57)76-34-23(58)15(6-48)72-40(28(34)63)77-35-24(59)16(7-49)71-39(29(35)64)74-31-18(9-51)69-37(66)27(62)26(31)61/h12-41,46-51,54-66H,3-9H2,1-2H3,(H,44,52)(H,45,53)(H,67,68)/t12-,13+,14+,15+,16+,17+,18+,19+,20+,21+,22+,23-,24-,25-,26+,27+,28+,29+,30+,31+,32+,33+,34-,35-,36-,37?,38-,39-,40+,41-,43-/m0/s1. The molecule has 6 aliphatic rings. The number of carboxylic acid groups (broad SMARTS) is 1. The first-order valence-electron chi connectivity index (χ1n) is 24.8. The van der Waals surface area contributed by atoms with Crippen molar-refractivity contribution in [3.05, 3.63) is 0 Å². The van der Waals surface area contributed by atoms with Crippen molar-refractivity contribution < 1.29 is 169 Å². The Morgan fingerprint density at radius 3 is 1.33 bits per heavy atom. The van der Waals surface area contributed by atoms with Crippen molar-refractivity contribution in [1.29, 1.82) is 0 Å². The minimum atomic E-state index is -3.23. The topological polar surface area (TPSA) is 581 Å². The van der Waals surface area contributed by atoms with Gasteiger partial charge in [0.2, 0.25) is 11.8 Å². The summed E-state index contributed by atoms with van der Waals surface area (Å²) in [4.78, 5) is 38.0. The second kappa shape index (κ2) is 27.7. The first-order chi connectivity index (χ1) is 37.2. The van der Waals surface area contributed by atoms with Crippen LogP contribution in [0.25, 0.3) is 0 Å². The van der Waals surface area contributed by atoms with Crippen LogP contribution in [0, 0.1) is 0 Å². The Morgan fingerprint density at radius 2 is 0.886 bits per heavy atom. The summed E-state index contributed by atoms with van der Waals surface area (Å²) in [7, 11) is 0. The monoisotopic (exact) mass is 1160 g/mol.